The highest BCUT2D eigenvalue weighted by Crippen LogP contribution is 2.34. The Balaban J connectivity index is 1.61. The summed E-state index contributed by atoms with van der Waals surface area (Å²) in [7, 11) is 0. The lowest BCUT2D eigenvalue weighted by molar-refractivity contribution is -0.137. The zero-order valence-electron chi connectivity index (χ0n) is 14.2. The lowest BCUT2D eigenvalue weighted by Crippen LogP contribution is -2.29. The molecule has 0 aliphatic carbocycles. The Bertz CT molecular complexity index is 1120. The van der Waals surface area contributed by atoms with Crippen LogP contribution in [0, 0.1) is 0 Å². The second-order valence-electron chi connectivity index (χ2n) is 6.18. The van der Waals surface area contributed by atoms with Crippen molar-refractivity contribution in [3.63, 3.8) is 0 Å². The van der Waals surface area contributed by atoms with Crippen molar-refractivity contribution in [1.82, 2.24) is 4.90 Å². The molecule has 7 heteroatoms. The number of thioether (sulfide) groups is 1. The first-order chi connectivity index (χ1) is 13.0. The molecule has 2 aromatic carbocycles. The van der Waals surface area contributed by atoms with Crippen LogP contribution < -0.4 is 0 Å². The third kappa shape index (κ3) is 3.48. The van der Waals surface area contributed by atoms with Crippen molar-refractivity contribution in [3.05, 3.63) is 52.9 Å². The highest BCUT2D eigenvalue weighted by molar-refractivity contribution is 8.26. The van der Waals surface area contributed by atoms with Gasteiger partial charge in [0.25, 0.3) is 5.91 Å². The third-order valence-electron chi connectivity index (χ3n) is 4.34. The quantitative estimate of drug-likeness (QED) is 0.499. The Hall–Kier alpha value is -2.64. The molecule has 1 aromatic heterocycles. The van der Waals surface area contributed by atoms with Crippen LogP contribution in [0.4, 0.5) is 0 Å². The van der Waals surface area contributed by atoms with Crippen molar-refractivity contribution in [1.29, 1.82) is 0 Å². The van der Waals surface area contributed by atoms with Crippen molar-refractivity contribution in [3.8, 4) is 0 Å². The molecule has 3 aromatic rings. The first kappa shape index (κ1) is 17.8. The van der Waals surface area contributed by atoms with Gasteiger partial charge in [0, 0.05) is 23.7 Å². The summed E-state index contributed by atoms with van der Waals surface area (Å²) >= 11 is 6.53. The van der Waals surface area contributed by atoms with Crippen molar-refractivity contribution < 1.29 is 19.1 Å². The summed E-state index contributed by atoms with van der Waals surface area (Å²) in [6, 6.07) is 13.6. The fourth-order valence-electron chi connectivity index (χ4n) is 3.07. The maximum atomic E-state index is 12.6. The molecule has 27 heavy (non-hydrogen) atoms. The van der Waals surface area contributed by atoms with Crippen molar-refractivity contribution in [2.45, 2.75) is 12.8 Å². The van der Waals surface area contributed by atoms with Crippen LogP contribution >= 0.6 is 24.0 Å². The third-order valence-corrected chi connectivity index (χ3v) is 5.72. The van der Waals surface area contributed by atoms with Gasteiger partial charge >= 0.3 is 5.97 Å². The summed E-state index contributed by atoms with van der Waals surface area (Å²) in [6.07, 6.45) is 2.21. The van der Waals surface area contributed by atoms with Gasteiger partial charge in [-0.25, -0.2) is 0 Å². The molecule has 1 N–H and O–H groups in total. The van der Waals surface area contributed by atoms with E-state index in [0.717, 1.165) is 27.5 Å². The van der Waals surface area contributed by atoms with Gasteiger partial charge < -0.3 is 9.52 Å². The Labute approximate surface area is 164 Å². The summed E-state index contributed by atoms with van der Waals surface area (Å²) < 4.78 is 6.29. The van der Waals surface area contributed by atoms with Gasteiger partial charge in [-0.05, 0) is 36.3 Å². The van der Waals surface area contributed by atoms with Crippen molar-refractivity contribution in [2.24, 2.45) is 0 Å². The van der Waals surface area contributed by atoms with Crippen molar-refractivity contribution >= 4 is 68.2 Å². The Kier molecular flexibility index (Phi) is 4.72. The van der Waals surface area contributed by atoms with E-state index in [9.17, 15) is 9.59 Å². The number of fused-ring (bicyclic) bond motifs is 3. The number of hydrogen-bond donors (Lipinski definition) is 1. The molecule has 0 unspecified atom stereocenters. The molecule has 1 amide bonds. The number of carbonyl (C=O) groups excluding carboxylic acids is 1. The maximum absolute atomic E-state index is 12.6. The maximum Gasteiger partial charge on any atom is 0.303 e. The van der Waals surface area contributed by atoms with E-state index in [4.69, 9.17) is 21.7 Å². The van der Waals surface area contributed by atoms with Gasteiger partial charge in [-0.3, -0.25) is 14.5 Å². The zero-order chi connectivity index (χ0) is 19.0. The smallest absolute Gasteiger partial charge is 0.303 e. The SMILES string of the molecule is O=C(O)CCCN1C(=O)/C(=C/c2ccc3oc4ccccc4c3c2)SC1=S. The standard InChI is InChI=1S/C20H15NO4S2/c22-18(23)6-3-9-21-19(24)17(27-20(21)26)11-12-7-8-16-14(10-12)13-4-1-2-5-15(13)25-16/h1-2,4-5,7-8,10-11H,3,6,9H2,(H,22,23)/b17-11-. The van der Waals surface area contributed by atoms with Crippen LogP contribution in [0.25, 0.3) is 28.0 Å². The largest absolute Gasteiger partial charge is 0.481 e. The molecule has 1 saturated heterocycles. The molecule has 0 saturated carbocycles. The number of furan rings is 1. The Morgan fingerprint density at radius 3 is 2.78 bits per heavy atom. The number of thiocarbonyl (C=S) groups is 1. The summed E-state index contributed by atoms with van der Waals surface area (Å²) in [6.45, 7) is 0.319. The van der Waals surface area contributed by atoms with Crippen LogP contribution in [-0.2, 0) is 9.59 Å². The molecular formula is C20H15NO4S2. The number of aliphatic carboxylic acids is 1. The summed E-state index contributed by atoms with van der Waals surface area (Å²) in [5.74, 6) is -1.05. The topological polar surface area (TPSA) is 70.8 Å². The second kappa shape index (κ2) is 7.17. The molecule has 4 rings (SSSR count). The summed E-state index contributed by atoms with van der Waals surface area (Å²) in [5.41, 5.74) is 2.52. The Morgan fingerprint density at radius 2 is 1.96 bits per heavy atom. The van der Waals surface area contributed by atoms with E-state index < -0.39 is 5.97 Å². The predicted octanol–water partition coefficient (Wildman–Crippen LogP) is 4.65. The lowest BCUT2D eigenvalue weighted by Gasteiger charge is -2.13. The van der Waals surface area contributed by atoms with Gasteiger partial charge in [0.15, 0.2) is 0 Å². The number of carbonyl (C=O) groups is 2. The normalized spacial score (nSPS) is 16.1. The van der Waals surface area contributed by atoms with E-state index in [2.05, 4.69) is 0 Å². The lowest BCUT2D eigenvalue weighted by atomic mass is 10.1. The fraction of sp³-hybridized carbons (Fsp3) is 0.150. The highest BCUT2D eigenvalue weighted by Gasteiger charge is 2.31. The second-order valence-corrected chi connectivity index (χ2v) is 7.86. The zero-order valence-corrected chi connectivity index (χ0v) is 15.8. The van der Waals surface area contributed by atoms with Crippen molar-refractivity contribution in [2.75, 3.05) is 6.54 Å². The first-order valence-electron chi connectivity index (χ1n) is 8.41. The monoisotopic (exact) mass is 397 g/mol. The van der Waals surface area contributed by atoms with E-state index in [1.165, 1.54) is 16.7 Å². The molecule has 0 bridgehead atoms. The number of amides is 1. The molecule has 136 valence electrons. The van der Waals surface area contributed by atoms with Crippen LogP contribution in [0.1, 0.15) is 18.4 Å². The van der Waals surface area contributed by atoms with Gasteiger partial charge in [-0.1, -0.05) is 48.2 Å². The van der Waals surface area contributed by atoms with E-state index in [1.807, 2.05) is 48.5 Å². The Morgan fingerprint density at radius 1 is 1.19 bits per heavy atom. The minimum absolute atomic E-state index is 0.0142. The number of para-hydroxylation sites is 1. The number of carboxylic acids is 1. The molecule has 1 aliphatic rings. The average Bonchev–Trinajstić information content (AvgIpc) is 3.13. The van der Waals surface area contributed by atoms with Crippen LogP contribution in [-0.4, -0.2) is 32.7 Å². The van der Waals surface area contributed by atoms with Gasteiger partial charge in [0.05, 0.1) is 4.91 Å². The van der Waals surface area contributed by atoms with Crippen LogP contribution in [0.5, 0.6) is 0 Å². The number of carboxylic acid groups (broad SMARTS) is 1. The number of hydrogen-bond acceptors (Lipinski definition) is 5. The summed E-state index contributed by atoms with van der Waals surface area (Å²) in [5, 5.41) is 10.8. The minimum Gasteiger partial charge on any atom is -0.481 e. The fourth-order valence-corrected chi connectivity index (χ4v) is 4.37. The van der Waals surface area contributed by atoms with E-state index in [0.29, 0.717) is 22.2 Å². The first-order valence-corrected chi connectivity index (χ1v) is 9.64. The molecule has 2 heterocycles. The molecule has 0 spiro atoms. The molecular weight excluding hydrogens is 382 g/mol. The van der Waals surface area contributed by atoms with Gasteiger partial charge in [0.2, 0.25) is 0 Å². The van der Waals surface area contributed by atoms with E-state index in [1.54, 1.807) is 0 Å². The molecule has 0 radical (unpaired) electrons. The summed E-state index contributed by atoms with van der Waals surface area (Å²) in [4.78, 5) is 25.3. The van der Waals surface area contributed by atoms with E-state index >= 15 is 0 Å². The van der Waals surface area contributed by atoms with Gasteiger partial charge in [-0.15, -0.1) is 0 Å². The van der Waals surface area contributed by atoms with E-state index in [-0.39, 0.29) is 12.3 Å². The average molecular weight is 397 g/mol. The molecule has 5 nitrogen and oxygen atoms in total. The van der Waals surface area contributed by atoms with Crippen LogP contribution in [0.15, 0.2) is 51.8 Å². The molecule has 1 aliphatic heterocycles. The molecule has 0 atom stereocenters. The van der Waals surface area contributed by atoms with Gasteiger partial charge in [-0.2, -0.15) is 0 Å². The number of rotatable bonds is 5. The molecule has 1 fully saturated rings. The van der Waals surface area contributed by atoms with Gasteiger partial charge in [0.1, 0.15) is 15.5 Å². The van der Waals surface area contributed by atoms with Crippen LogP contribution in [0.3, 0.4) is 0 Å². The predicted molar refractivity (Wildman–Crippen MR) is 110 cm³/mol. The highest BCUT2D eigenvalue weighted by atomic mass is 32.2. The number of benzene rings is 2. The minimum atomic E-state index is -0.878. The number of nitrogens with zero attached hydrogens (tertiary/aromatic N) is 1. The van der Waals surface area contributed by atoms with Crippen LogP contribution in [0.2, 0.25) is 0 Å².